The van der Waals surface area contributed by atoms with Gasteiger partial charge in [-0.05, 0) is 28.8 Å². The number of hydrogen-bond donors (Lipinski definition) is 2. The van der Waals surface area contributed by atoms with Crippen LogP contribution in [0.2, 0.25) is 0 Å². The minimum atomic E-state index is -1.29. The minimum absolute atomic E-state index is 0.0664. The molecule has 1 fully saturated rings. The molecule has 0 radical (unpaired) electrons. The van der Waals surface area contributed by atoms with Crippen LogP contribution in [0.15, 0.2) is 84.9 Å². The fourth-order valence-electron chi connectivity index (χ4n) is 3.79. The molecule has 4 rings (SSSR count). The second kappa shape index (κ2) is 7.83. The van der Waals surface area contributed by atoms with Gasteiger partial charge in [0.1, 0.15) is 0 Å². The summed E-state index contributed by atoms with van der Waals surface area (Å²) < 4.78 is 0. The van der Waals surface area contributed by atoms with Crippen LogP contribution in [0, 0.1) is 0 Å². The normalized spacial score (nSPS) is 15.0. The molecule has 1 heterocycles. The standard InChI is InChI=1S/C24H21N3O3/c1-25-21(28)18-10-8-9-17(15-18)16-27-22(29)24(26-23(27)30,19-11-4-2-5-12-19)20-13-6-3-7-14-20/h2-15H,16H2,1H3,(H,25,28)(H,26,30). The molecule has 0 atom stereocenters. The van der Waals surface area contributed by atoms with Gasteiger partial charge in [0.15, 0.2) is 5.54 Å². The summed E-state index contributed by atoms with van der Waals surface area (Å²) in [7, 11) is 1.56. The minimum Gasteiger partial charge on any atom is -0.355 e. The highest BCUT2D eigenvalue weighted by atomic mass is 16.2. The van der Waals surface area contributed by atoms with Gasteiger partial charge in [-0.1, -0.05) is 72.8 Å². The Labute approximate surface area is 174 Å². The van der Waals surface area contributed by atoms with Crippen LogP contribution in [-0.4, -0.2) is 29.8 Å². The third-order valence-corrected chi connectivity index (χ3v) is 5.28. The van der Waals surface area contributed by atoms with Crippen LogP contribution < -0.4 is 10.6 Å². The van der Waals surface area contributed by atoms with Crippen LogP contribution in [0.4, 0.5) is 4.79 Å². The summed E-state index contributed by atoms with van der Waals surface area (Å²) in [6, 6.07) is 24.9. The van der Waals surface area contributed by atoms with Crippen molar-refractivity contribution in [2.45, 2.75) is 12.1 Å². The second-order valence-corrected chi connectivity index (χ2v) is 7.08. The van der Waals surface area contributed by atoms with E-state index >= 15 is 0 Å². The van der Waals surface area contributed by atoms with E-state index in [0.717, 1.165) is 0 Å². The van der Waals surface area contributed by atoms with Crippen molar-refractivity contribution in [2.24, 2.45) is 0 Å². The highest BCUT2D eigenvalue weighted by Crippen LogP contribution is 2.36. The molecule has 150 valence electrons. The molecule has 4 amide bonds. The second-order valence-electron chi connectivity index (χ2n) is 7.08. The molecule has 2 N–H and O–H groups in total. The number of nitrogens with zero attached hydrogens (tertiary/aromatic N) is 1. The maximum absolute atomic E-state index is 13.7. The van der Waals surface area contributed by atoms with E-state index in [-0.39, 0.29) is 18.4 Å². The molecule has 0 bridgehead atoms. The maximum Gasteiger partial charge on any atom is 0.325 e. The summed E-state index contributed by atoms with van der Waals surface area (Å²) in [5.74, 6) is -0.577. The number of rotatable bonds is 5. The Morgan fingerprint density at radius 2 is 1.50 bits per heavy atom. The lowest BCUT2D eigenvalue weighted by Gasteiger charge is -2.28. The summed E-state index contributed by atoms with van der Waals surface area (Å²) in [4.78, 5) is 39.8. The first-order chi connectivity index (χ1) is 14.6. The van der Waals surface area contributed by atoms with Crippen molar-refractivity contribution in [3.63, 3.8) is 0 Å². The van der Waals surface area contributed by atoms with Crippen molar-refractivity contribution in [1.82, 2.24) is 15.5 Å². The molecule has 0 aromatic heterocycles. The van der Waals surface area contributed by atoms with Crippen LogP contribution in [-0.2, 0) is 16.9 Å². The fourth-order valence-corrected chi connectivity index (χ4v) is 3.79. The van der Waals surface area contributed by atoms with E-state index < -0.39 is 11.6 Å². The lowest BCUT2D eigenvalue weighted by Crippen LogP contribution is -2.45. The molecule has 0 aliphatic carbocycles. The van der Waals surface area contributed by atoms with Crippen LogP contribution in [0.25, 0.3) is 0 Å². The van der Waals surface area contributed by atoms with Gasteiger partial charge in [0, 0.05) is 12.6 Å². The third kappa shape index (κ3) is 3.22. The predicted molar refractivity (Wildman–Crippen MR) is 113 cm³/mol. The van der Waals surface area contributed by atoms with Crippen LogP contribution in [0.3, 0.4) is 0 Å². The van der Waals surface area contributed by atoms with Gasteiger partial charge in [0.05, 0.1) is 6.54 Å². The van der Waals surface area contributed by atoms with Gasteiger partial charge >= 0.3 is 6.03 Å². The topological polar surface area (TPSA) is 78.5 Å². The number of carbonyl (C=O) groups excluding carboxylic acids is 3. The van der Waals surface area contributed by atoms with Gasteiger partial charge in [-0.25, -0.2) is 4.79 Å². The van der Waals surface area contributed by atoms with Crippen molar-refractivity contribution < 1.29 is 14.4 Å². The SMILES string of the molecule is CNC(=O)c1cccc(CN2C(=O)NC(c3ccccc3)(c3ccccc3)C2=O)c1. The van der Waals surface area contributed by atoms with E-state index in [1.54, 1.807) is 31.3 Å². The fraction of sp³-hybridized carbons (Fsp3) is 0.125. The van der Waals surface area contributed by atoms with Crippen molar-refractivity contribution in [3.05, 3.63) is 107 Å². The summed E-state index contributed by atoms with van der Waals surface area (Å²) in [6.07, 6.45) is 0. The lowest BCUT2D eigenvalue weighted by atomic mass is 9.82. The Bertz CT molecular complexity index is 1060. The predicted octanol–water partition coefficient (Wildman–Crippen LogP) is 3.04. The average Bonchev–Trinajstić information content (AvgIpc) is 3.05. The smallest absolute Gasteiger partial charge is 0.325 e. The maximum atomic E-state index is 13.7. The van der Waals surface area contributed by atoms with E-state index in [1.165, 1.54) is 4.90 Å². The van der Waals surface area contributed by atoms with Crippen LogP contribution in [0.5, 0.6) is 0 Å². The molecular weight excluding hydrogens is 378 g/mol. The summed E-state index contributed by atoms with van der Waals surface area (Å²) in [5, 5.41) is 5.50. The Morgan fingerprint density at radius 1 is 0.900 bits per heavy atom. The van der Waals surface area contributed by atoms with E-state index in [1.807, 2.05) is 60.7 Å². The highest BCUT2D eigenvalue weighted by Gasteiger charge is 2.53. The zero-order valence-corrected chi connectivity index (χ0v) is 16.5. The molecule has 3 aromatic rings. The van der Waals surface area contributed by atoms with Crippen LogP contribution >= 0.6 is 0 Å². The average molecular weight is 399 g/mol. The van der Waals surface area contributed by atoms with Crippen molar-refractivity contribution in [3.8, 4) is 0 Å². The molecule has 3 aromatic carbocycles. The Morgan fingerprint density at radius 3 is 2.07 bits per heavy atom. The van der Waals surface area contributed by atoms with E-state index in [4.69, 9.17) is 0 Å². The summed E-state index contributed by atoms with van der Waals surface area (Å²) in [6.45, 7) is 0.0664. The van der Waals surface area contributed by atoms with Crippen molar-refractivity contribution >= 4 is 17.8 Å². The molecule has 0 unspecified atom stereocenters. The first-order valence-electron chi connectivity index (χ1n) is 9.62. The van der Waals surface area contributed by atoms with Gasteiger partial charge < -0.3 is 10.6 Å². The number of amides is 4. The largest absolute Gasteiger partial charge is 0.355 e. The van der Waals surface area contributed by atoms with Gasteiger partial charge in [-0.15, -0.1) is 0 Å². The van der Waals surface area contributed by atoms with Crippen LogP contribution in [0.1, 0.15) is 27.0 Å². The van der Waals surface area contributed by atoms with E-state index in [0.29, 0.717) is 22.3 Å². The Hall–Kier alpha value is -3.93. The summed E-state index contributed by atoms with van der Waals surface area (Å²) >= 11 is 0. The number of nitrogens with one attached hydrogen (secondary N) is 2. The molecule has 1 aliphatic rings. The lowest BCUT2D eigenvalue weighted by molar-refractivity contribution is -0.130. The molecule has 0 spiro atoms. The first kappa shape index (κ1) is 19.4. The molecular formula is C24H21N3O3. The highest BCUT2D eigenvalue weighted by molar-refractivity contribution is 6.09. The number of carbonyl (C=O) groups is 3. The first-order valence-corrected chi connectivity index (χ1v) is 9.62. The number of urea groups is 1. The monoisotopic (exact) mass is 399 g/mol. The Balaban J connectivity index is 1.74. The molecule has 0 saturated carbocycles. The van der Waals surface area contributed by atoms with Gasteiger partial charge in [0.25, 0.3) is 11.8 Å². The zero-order valence-electron chi connectivity index (χ0n) is 16.5. The quantitative estimate of drug-likeness (QED) is 0.648. The van der Waals surface area contributed by atoms with Crippen molar-refractivity contribution in [1.29, 1.82) is 0 Å². The summed E-state index contributed by atoms with van der Waals surface area (Å²) in [5.41, 5.74) is 1.25. The molecule has 1 aliphatic heterocycles. The van der Waals surface area contributed by atoms with Gasteiger partial charge in [-0.2, -0.15) is 0 Å². The van der Waals surface area contributed by atoms with Gasteiger partial charge in [0.2, 0.25) is 0 Å². The third-order valence-electron chi connectivity index (χ3n) is 5.28. The number of hydrogen-bond acceptors (Lipinski definition) is 3. The molecule has 30 heavy (non-hydrogen) atoms. The van der Waals surface area contributed by atoms with Gasteiger partial charge in [-0.3, -0.25) is 14.5 Å². The van der Waals surface area contributed by atoms with E-state index in [9.17, 15) is 14.4 Å². The van der Waals surface area contributed by atoms with E-state index in [2.05, 4.69) is 10.6 Å². The number of benzene rings is 3. The van der Waals surface area contributed by atoms with Crippen molar-refractivity contribution in [2.75, 3.05) is 7.05 Å². The Kier molecular flexibility index (Phi) is 5.06. The zero-order chi connectivity index (χ0) is 21.1. The molecule has 1 saturated heterocycles. The molecule has 6 heteroatoms. The number of imide groups is 1. The molecule has 6 nitrogen and oxygen atoms in total.